The van der Waals surface area contributed by atoms with Crippen molar-refractivity contribution >= 4 is 40.3 Å². The maximum atomic E-state index is 13.1. The number of hydrogen-bond donors (Lipinski definition) is 0. The molecule has 0 N–H and O–H groups in total. The first kappa shape index (κ1) is 16.3. The molecule has 1 aliphatic rings. The topological polar surface area (TPSA) is 45.6 Å². The highest BCUT2D eigenvalue weighted by Gasteiger charge is 2.34. The second-order valence-electron chi connectivity index (χ2n) is 5.60. The molecule has 126 valence electrons. The van der Waals surface area contributed by atoms with Gasteiger partial charge in [-0.3, -0.25) is 14.7 Å². The van der Waals surface area contributed by atoms with E-state index in [9.17, 15) is 4.79 Å². The molecule has 0 spiro atoms. The first-order chi connectivity index (χ1) is 12.8. The van der Waals surface area contributed by atoms with Crippen molar-refractivity contribution in [2.45, 2.75) is 0 Å². The van der Waals surface area contributed by atoms with Crippen LogP contribution < -0.4 is 4.90 Å². The zero-order chi connectivity index (χ0) is 17.8. The summed E-state index contributed by atoms with van der Waals surface area (Å²) in [7, 11) is 0. The van der Waals surface area contributed by atoms with Gasteiger partial charge in [-0.15, -0.1) is 0 Å². The number of carbonyl (C=O) groups excluding carboxylic acids is 1. The number of amides is 1. The van der Waals surface area contributed by atoms with Crippen LogP contribution >= 0.6 is 11.8 Å². The minimum Gasteiger partial charge on any atom is -0.268 e. The van der Waals surface area contributed by atoms with Gasteiger partial charge in [0, 0.05) is 12.4 Å². The predicted molar refractivity (Wildman–Crippen MR) is 107 cm³/mol. The van der Waals surface area contributed by atoms with Crippen molar-refractivity contribution in [2.24, 2.45) is 4.99 Å². The first-order valence-electron chi connectivity index (χ1n) is 8.14. The number of amidine groups is 1. The second-order valence-corrected chi connectivity index (χ2v) is 6.61. The number of benzene rings is 2. The Bertz CT molecular complexity index is 970. The summed E-state index contributed by atoms with van der Waals surface area (Å²) in [6.07, 6.45) is 5.30. The monoisotopic (exact) mass is 357 g/mol. The van der Waals surface area contributed by atoms with Crippen LogP contribution in [0.3, 0.4) is 0 Å². The molecule has 2 heterocycles. The molecular formula is C21H15N3OS. The van der Waals surface area contributed by atoms with Crippen molar-refractivity contribution in [3.05, 3.63) is 95.7 Å². The van der Waals surface area contributed by atoms with E-state index in [0.717, 1.165) is 16.9 Å². The summed E-state index contributed by atoms with van der Waals surface area (Å²) in [6, 6.07) is 23.0. The zero-order valence-corrected chi connectivity index (χ0v) is 14.6. The van der Waals surface area contributed by atoms with Crippen LogP contribution in [-0.2, 0) is 4.79 Å². The lowest BCUT2D eigenvalue weighted by atomic mass is 10.2. The number of aromatic nitrogens is 1. The SMILES string of the molecule is O=C1/C(=C/c2ccncc2)S/C(=N\c2ccccc2)N1c1ccccc1. The van der Waals surface area contributed by atoms with E-state index in [1.807, 2.05) is 78.9 Å². The molecule has 0 aliphatic carbocycles. The lowest BCUT2D eigenvalue weighted by Crippen LogP contribution is -2.28. The molecule has 2 aromatic carbocycles. The van der Waals surface area contributed by atoms with Crippen molar-refractivity contribution in [3.63, 3.8) is 0 Å². The van der Waals surface area contributed by atoms with Gasteiger partial charge < -0.3 is 0 Å². The number of para-hydroxylation sites is 2. The van der Waals surface area contributed by atoms with Crippen LogP contribution in [0.5, 0.6) is 0 Å². The number of nitrogens with zero attached hydrogens (tertiary/aromatic N) is 3. The molecule has 0 bridgehead atoms. The lowest BCUT2D eigenvalue weighted by molar-refractivity contribution is -0.113. The normalized spacial score (nSPS) is 17.2. The van der Waals surface area contributed by atoms with Crippen LogP contribution in [0.2, 0.25) is 0 Å². The molecule has 4 nitrogen and oxygen atoms in total. The molecule has 1 aromatic heterocycles. The van der Waals surface area contributed by atoms with Gasteiger partial charge in [0.1, 0.15) is 0 Å². The molecule has 1 aliphatic heterocycles. The maximum Gasteiger partial charge on any atom is 0.271 e. The molecule has 0 saturated carbocycles. The van der Waals surface area contributed by atoms with Crippen molar-refractivity contribution in [1.82, 2.24) is 4.98 Å². The molecule has 5 heteroatoms. The maximum absolute atomic E-state index is 13.1. The van der Waals surface area contributed by atoms with Crippen LogP contribution in [0.4, 0.5) is 11.4 Å². The molecule has 1 fully saturated rings. The summed E-state index contributed by atoms with van der Waals surface area (Å²) >= 11 is 1.38. The van der Waals surface area contributed by atoms with Gasteiger partial charge in [0.15, 0.2) is 5.17 Å². The average Bonchev–Trinajstić information content (AvgIpc) is 2.99. The van der Waals surface area contributed by atoms with Gasteiger partial charge in [-0.2, -0.15) is 0 Å². The van der Waals surface area contributed by atoms with E-state index in [1.165, 1.54) is 11.8 Å². The Morgan fingerprint density at radius 1 is 0.885 bits per heavy atom. The largest absolute Gasteiger partial charge is 0.271 e. The fraction of sp³-hybridized carbons (Fsp3) is 0. The van der Waals surface area contributed by atoms with Gasteiger partial charge in [-0.25, -0.2) is 4.99 Å². The number of rotatable bonds is 3. The summed E-state index contributed by atoms with van der Waals surface area (Å²) in [5, 5.41) is 0.646. The third-order valence-corrected chi connectivity index (χ3v) is 4.77. The molecule has 3 aromatic rings. The van der Waals surface area contributed by atoms with Gasteiger partial charge in [-0.05, 0) is 59.8 Å². The highest BCUT2D eigenvalue weighted by Crippen LogP contribution is 2.37. The van der Waals surface area contributed by atoms with Crippen LogP contribution in [0, 0.1) is 0 Å². The summed E-state index contributed by atoms with van der Waals surface area (Å²) in [4.78, 5) is 24.0. The average molecular weight is 357 g/mol. The van der Waals surface area contributed by atoms with Gasteiger partial charge >= 0.3 is 0 Å². The van der Waals surface area contributed by atoms with Crippen LogP contribution in [-0.4, -0.2) is 16.1 Å². The van der Waals surface area contributed by atoms with Gasteiger partial charge in [-0.1, -0.05) is 36.4 Å². The number of thioether (sulfide) groups is 1. The number of anilines is 1. The van der Waals surface area contributed by atoms with E-state index in [2.05, 4.69) is 9.98 Å². The Labute approximate surface area is 155 Å². The molecule has 0 atom stereocenters. The number of hydrogen-bond acceptors (Lipinski definition) is 4. The van der Waals surface area contributed by atoms with Gasteiger partial charge in [0.25, 0.3) is 5.91 Å². The molecular weight excluding hydrogens is 342 g/mol. The third kappa shape index (κ3) is 3.43. The van der Waals surface area contributed by atoms with Crippen LogP contribution in [0.25, 0.3) is 6.08 Å². The number of aliphatic imine (C=N–C) groups is 1. The quantitative estimate of drug-likeness (QED) is 0.627. The Morgan fingerprint density at radius 2 is 1.54 bits per heavy atom. The minimum absolute atomic E-state index is 0.0762. The molecule has 0 radical (unpaired) electrons. The molecule has 26 heavy (non-hydrogen) atoms. The Morgan fingerprint density at radius 3 is 2.23 bits per heavy atom. The van der Waals surface area contributed by atoms with Crippen molar-refractivity contribution < 1.29 is 4.79 Å². The highest BCUT2D eigenvalue weighted by atomic mass is 32.2. The summed E-state index contributed by atoms with van der Waals surface area (Å²) in [5.74, 6) is -0.0762. The smallest absolute Gasteiger partial charge is 0.268 e. The standard InChI is InChI=1S/C21H15N3OS/c25-20-19(15-16-11-13-22-14-12-16)26-21(23-17-7-3-1-4-8-17)24(20)18-9-5-2-6-10-18/h1-15H/b19-15-,23-21-. The number of carbonyl (C=O) groups is 1. The van der Waals surface area contributed by atoms with Crippen LogP contribution in [0.1, 0.15) is 5.56 Å². The molecule has 1 saturated heterocycles. The van der Waals surface area contributed by atoms with Crippen molar-refractivity contribution in [2.75, 3.05) is 4.90 Å². The van der Waals surface area contributed by atoms with Gasteiger partial charge in [0.05, 0.1) is 16.3 Å². The molecule has 4 rings (SSSR count). The Balaban J connectivity index is 1.77. The molecule has 0 unspecified atom stereocenters. The van der Waals surface area contributed by atoms with E-state index in [1.54, 1.807) is 17.3 Å². The van der Waals surface area contributed by atoms with E-state index < -0.39 is 0 Å². The molecule has 1 amide bonds. The lowest BCUT2D eigenvalue weighted by Gasteiger charge is -2.15. The zero-order valence-electron chi connectivity index (χ0n) is 13.8. The van der Waals surface area contributed by atoms with E-state index in [4.69, 9.17) is 0 Å². The Hall–Kier alpha value is -3.18. The van der Waals surface area contributed by atoms with E-state index in [0.29, 0.717) is 10.1 Å². The predicted octanol–water partition coefficient (Wildman–Crippen LogP) is 4.89. The fourth-order valence-electron chi connectivity index (χ4n) is 2.58. The summed E-state index contributed by atoms with van der Waals surface area (Å²) in [6.45, 7) is 0. The third-order valence-electron chi connectivity index (χ3n) is 3.81. The number of pyridine rings is 1. The van der Waals surface area contributed by atoms with E-state index >= 15 is 0 Å². The summed E-state index contributed by atoms with van der Waals surface area (Å²) in [5.41, 5.74) is 2.55. The van der Waals surface area contributed by atoms with Crippen LogP contribution in [0.15, 0.2) is 95.1 Å². The summed E-state index contributed by atoms with van der Waals surface area (Å²) < 4.78 is 0. The fourth-order valence-corrected chi connectivity index (χ4v) is 3.58. The van der Waals surface area contributed by atoms with Gasteiger partial charge in [0.2, 0.25) is 0 Å². The van der Waals surface area contributed by atoms with E-state index in [-0.39, 0.29) is 5.91 Å². The highest BCUT2D eigenvalue weighted by molar-refractivity contribution is 8.19. The first-order valence-corrected chi connectivity index (χ1v) is 8.96. The van der Waals surface area contributed by atoms with Crippen molar-refractivity contribution in [3.8, 4) is 0 Å². The second kappa shape index (κ2) is 7.37. The minimum atomic E-state index is -0.0762. The van der Waals surface area contributed by atoms with Crippen molar-refractivity contribution in [1.29, 1.82) is 0 Å². The Kier molecular flexibility index (Phi) is 4.62.